The number of pyridine rings is 2. The largest absolute Gasteiger partial charge is 0.377 e. The van der Waals surface area contributed by atoms with Gasteiger partial charge in [-0.15, -0.1) is 0 Å². The molecule has 0 amide bonds. The highest BCUT2D eigenvalue weighted by Gasteiger charge is 2.23. The average Bonchev–Trinajstić information content (AvgIpc) is 3.34. The van der Waals surface area contributed by atoms with Crippen molar-refractivity contribution in [1.29, 1.82) is 0 Å². The number of aromatic amines is 1. The summed E-state index contributed by atoms with van der Waals surface area (Å²) in [5.74, 6) is 0.128. The maximum atomic E-state index is 14.5. The van der Waals surface area contributed by atoms with Gasteiger partial charge in [-0.2, -0.15) is 9.46 Å². The van der Waals surface area contributed by atoms with Crippen molar-refractivity contribution in [2.24, 2.45) is 4.36 Å². The Hall–Kier alpha value is -3.37. The van der Waals surface area contributed by atoms with Crippen LogP contribution in [0.25, 0.3) is 22.3 Å². The van der Waals surface area contributed by atoms with E-state index in [0.29, 0.717) is 53.6 Å². The van der Waals surface area contributed by atoms with Crippen LogP contribution in [0.2, 0.25) is 0 Å². The van der Waals surface area contributed by atoms with Crippen molar-refractivity contribution in [3.8, 4) is 11.4 Å². The van der Waals surface area contributed by atoms with Gasteiger partial charge in [0.15, 0.2) is 0 Å². The summed E-state index contributed by atoms with van der Waals surface area (Å²) >= 11 is 0. The van der Waals surface area contributed by atoms with Crippen LogP contribution in [-0.4, -0.2) is 56.4 Å². The molecule has 0 aliphatic carbocycles. The number of nitrogens with one attached hydrogen (secondary N) is 1. The summed E-state index contributed by atoms with van der Waals surface area (Å²) in [6.07, 6.45) is 4.74. The Morgan fingerprint density at radius 2 is 2.09 bits per heavy atom. The van der Waals surface area contributed by atoms with Crippen LogP contribution < -0.4 is 4.90 Å². The summed E-state index contributed by atoms with van der Waals surface area (Å²) in [5.41, 5.74) is 2.38. The molecule has 3 aromatic heterocycles. The maximum Gasteiger partial charge on any atom is 0.140 e. The highest BCUT2D eigenvalue weighted by atomic mass is 32.2. The smallest absolute Gasteiger partial charge is 0.140 e. The van der Waals surface area contributed by atoms with Crippen LogP contribution in [0.5, 0.6) is 0 Å². The van der Waals surface area contributed by atoms with Gasteiger partial charge in [0.25, 0.3) is 0 Å². The number of aromatic nitrogens is 4. The molecule has 170 valence electrons. The van der Waals surface area contributed by atoms with Gasteiger partial charge in [-0.25, -0.2) is 13.6 Å². The van der Waals surface area contributed by atoms with Gasteiger partial charge in [-0.05, 0) is 31.2 Å². The quantitative estimate of drug-likeness (QED) is 0.485. The van der Waals surface area contributed by atoms with E-state index in [1.54, 1.807) is 30.6 Å². The lowest BCUT2D eigenvalue weighted by atomic mass is 10.1. The molecule has 1 aliphatic rings. The number of anilines is 1. The predicted molar refractivity (Wildman–Crippen MR) is 126 cm³/mol. The molecule has 1 fully saturated rings. The van der Waals surface area contributed by atoms with E-state index in [1.807, 2.05) is 12.1 Å². The zero-order valence-electron chi connectivity index (χ0n) is 18.2. The number of morpholine rings is 1. The van der Waals surface area contributed by atoms with Gasteiger partial charge in [0.1, 0.15) is 22.8 Å². The minimum Gasteiger partial charge on any atom is -0.377 e. The first kappa shape index (κ1) is 21.5. The van der Waals surface area contributed by atoms with Crippen molar-refractivity contribution in [2.75, 3.05) is 30.9 Å². The third-order valence-corrected chi connectivity index (χ3v) is 7.32. The van der Waals surface area contributed by atoms with Crippen LogP contribution in [0, 0.1) is 5.82 Å². The van der Waals surface area contributed by atoms with Crippen molar-refractivity contribution in [2.45, 2.75) is 17.9 Å². The first-order valence-electron chi connectivity index (χ1n) is 10.5. The molecule has 0 saturated carbocycles. The second kappa shape index (κ2) is 8.53. The maximum absolute atomic E-state index is 14.5. The number of hydrogen-bond donors (Lipinski definition) is 1. The van der Waals surface area contributed by atoms with Crippen molar-refractivity contribution >= 4 is 32.1 Å². The SMILES string of the molecule is C[C@@H]1COCCN1c1cc(N=[S@](C)(=O)c2ccccc2F)c2ccnc(-c3ccn[nH]3)c2n1. The average molecular weight is 467 g/mol. The van der Waals surface area contributed by atoms with E-state index in [2.05, 4.69) is 31.4 Å². The molecule has 1 aromatic carbocycles. The lowest BCUT2D eigenvalue weighted by Gasteiger charge is -2.34. The van der Waals surface area contributed by atoms with Gasteiger partial charge in [0.2, 0.25) is 0 Å². The predicted octanol–water partition coefficient (Wildman–Crippen LogP) is 4.17. The number of rotatable bonds is 4. The van der Waals surface area contributed by atoms with E-state index < -0.39 is 15.5 Å². The van der Waals surface area contributed by atoms with Gasteiger partial charge in [0.05, 0.1) is 45.3 Å². The summed E-state index contributed by atoms with van der Waals surface area (Å²) in [7, 11) is -3.07. The molecule has 0 radical (unpaired) electrons. The van der Waals surface area contributed by atoms with Crippen molar-refractivity contribution in [1.82, 2.24) is 20.2 Å². The van der Waals surface area contributed by atoms with Crippen LogP contribution in [-0.2, 0) is 14.5 Å². The molecule has 5 rings (SSSR count). The Labute approximate surface area is 191 Å². The monoisotopic (exact) mass is 466 g/mol. The number of ether oxygens (including phenoxy) is 1. The molecule has 1 saturated heterocycles. The lowest BCUT2D eigenvalue weighted by Crippen LogP contribution is -2.44. The lowest BCUT2D eigenvalue weighted by molar-refractivity contribution is 0.0986. The number of fused-ring (bicyclic) bond motifs is 1. The topological polar surface area (TPSA) is 96.4 Å². The molecular weight excluding hydrogens is 443 g/mol. The van der Waals surface area contributed by atoms with Crippen molar-refractivity contribution < 1.29 is 13.3 Å². The Kier molecular flexibility index (Phi) is 5.55. The molecule has 4 heterocycles. The Balaban J connectivity index is 1.78. The van der Waals surface area contributed by atoms with E-state index in [1.165, 1.54) is 18.4 Å². The standard InChI is InChI=1S/C23H23FN6O2S/c1-15-14-32-12-11-30(15)21-13-19(29-33(2,31)20-6-4-3-5-17(20)24)16-7-9-25-23(22(16)27-21)18-8-10-26-28-18/h3-10,13,15H,11-12,14H2,1-2H3,(H,26,28)/t15-,33-/m1/s1. The van der Waals surface area contributed by atoms with Crippen LogP contribution in [0.15, 0.2) is 64.1 Å². The summed E-state index contributed by atoms with van der Waals surface area (Å²) < 4.78 is 38.2. The molecule has 0 bridgehead atoms. The Morgan fingerprint density at radius 1 is 1.24 bits per heavy atom. The van der Waals surface area contributed by atoms with Crippen molar-refractivity contribution in [3.63, 3.8) is 0 Å². The molecule has 2 atom stereocenters. The van der Waals surface area contributed by atoms with Gasteiger partial charge in [-0.1, -0.05) is 12.1 Å². The minimum absolute atomic E-state index is 0.0686. The van der Waals surface area contributed by atoms with E-state index in [9.17, 15) is 8.60 Å². The summed E-state index contributed by atoms with van der Waals surface area (Å²) in [4.78, 5) is 11.6. The molecule has 33 heavy (non-hydrogen) atoms. The first-order valence-corrected chi connectivity index (χ1v) is 12.5. The molecule has 0 unspecified atom stereocenters. The van der Waals surface area contributed by atoms with E-state index in [4.69, 9.17) is 9.72 Å². The Bertz CT molecular complexity index is 1430. The van der Waals surface area contributed by atoms with Gasteiger partial charge in [0, 0.05) is 36.6 Å². The zero-order valence-corrected chi connectivity index (χ0v) is 19.1. The van der Waals surface area contributed by atoms with Gasteiger partial charge in [-0.3, -0.25) is 10.1 Å². The van der Waals surface area contributed by atoms with E-state index in [-0.39, 0.29) is 10.9 Å². The minimum atomic E-state index is -3.07. The number of halogens is 1. The summed E-state index contributed by atoms with van der Waals surface area (Å²) in [6, 6.07) is 11.5. The molecule has 4 aromatic rings. The molecule has 1 aliphatic heterocycles. The van der Waals surface area contributed by atoms with Crippen LogP contribution in [0.1, 0.15) is 6.92 Å². The second-order valence-electron chi connectivity index (χ2n) is 7.97. The Morgan fingerprint density at radius 3 is 2.85 bits per heavy atom. The number of nitrogens with zero attached hydrogens (tertiary/aromatic N) is 5. The molecule has 10 heteroatoms. The van der Waals surface area contributed by atoms with Crippen LogP contribution in [0.4, 0.5) is 15.9 Å². The highest BCUT2D eigenvalue weighted by Crippen LogP contribution is 2.36. The molecule has 1 N–H and O–H groups in total. The van der Waals surface area contributed by atoms with Crippen LogP contribution in [0.3, 0.4) is 0 Å². The summed E-state index contributed by atoms with van der Waals surface area (Å²) in [5, 5.41) is 7.63. The number of hydrogen-bond acceptors (Lipinski definition) is 7. The van der Waals surface area contributed by atoms with Crippen molar-refractivity contribution in [3.05, 3.63) is 60.7 Å². The fourth-order valence-corrected chi connectivity index (χ4v) is 5.37. The molecule has 8 nitrogen and oxygen atoms in total. The van der Waals surface area contributed by atoms with Gasteiger partial charge >= 0.3 is 0 Å². The summed E-state index contributed by atoms with van der Waals surface area (Å²) in [6.45, 7) is 3.87. The number of benzene rings is 1. The third kappa shape index (κ3) is 4.07. The van der Waals surface area contributed by atoms with Crippen LogP contribution >= 0.6 is 0 Å². The number of H-pyrrole nitrogens is 1. The van der Waals surface area contributed by atoms with Gasteiger partial charge < -0.3 is 9.64 Å². The fourth-order valence-electron chi connectivity index (χ4n) is 3.98. The highest BCUT2D eigenvalue weighted by molar-refractivity contribution is 7.93. The second-order valence-corrected chi connectivity index (χ2v) is 10.2. The fraction of sp³-hybridized carbons (Fsp3) is 0.261. The third-order valence-electron chi connectivity index (χ3n) is 5.63. The van der Waals surface area contributed by atoms with E-state index in [0.717, 1.165) is 0 Å². The normalized spacial score (nSPS) is 18.3. The molecular formula is C23H23FN6O2S. The van der Waals surface area contributed by atoms with E-state index >= 15 is 0 Å². The first-order chi connectivity index (χ1) is 15.9. The molecule has 0 spiro atoms. The zero-order chi connectivity index (χ0) is 23.0.